The van der Waals surface area contributed by atoms with E-state index in [2.05, 4.69) is 19.1 Å². The maximum atomic E-state index is 11.5. The molecule has 0 aromatic heterocycles. The van der Waals surface area contributed by atoms with Crippen LogP contribution in [0.2, 0.25) is 0 Å². The molecule has 0 aromatic rings. The van der Waals surface area contributed by atoms with Crippen LogP contribution in [0.5, 0.6) is 0 Å². The van der Waals surface area contributed by atoms with Gasteiger partial charge in [-0.05, 0) is 25.7 Å². The van der Waals surface area contributed by atoms with E-state index in [1.807, 2.05) is 0 Å². The first-order chi connectivity index (χ1) is 5.34. The Morgan fingerprint density at radius 3 is 2.91 bits per heavy atom. The van der Waals surface area contributed by atoms with Gasteiger partial charge in [-0.3, -0.25) is 4.57 Å². The fraction of sp³-hybridized carbons (Fsp3) is 0.778. The molecule has 1 rings (SSSR count). The highest BCUT2D eigenvalue weighted by molar-refractivity contribution is 7.45. The summed E-state index contributed by atoms with van der Waals surface area (Å²) in [6, 6.07) is 0. The molecular weight excluding hydrogens is 155 g/mol. The standard InChI is InChI=1S/C9H16OP/c1-2-8-11(10)9-6-4-3-5-7-9/h3-4,9H,2,5-8H2,1H3. The zero-order chi connectivity index (χ0) is 8.10. The Morgan fingerprint density at radius 1 is 1.55 bits per heavy atom. The van der Waals surface area contributed by atoms with Crippen LogP contribution in [0.15, 0.2) is 12.2 Å². The molecule has 1 aliphatic rings. The van der Waals surface area contributed by atoms with Gasteiger partial charge in [-0.15, -0.1) is 0 Å². The molecule has 0 heterocycles. The summed E-state index contributed by atoms with van der Waals surface area (Å²) in [6.07, 6.45) is 9.70. The smallest absolute Gasteiger partial charge is 0.0753 e. The molecule has 0 aromatic carbocycles. The summed E-state index contributed by atoms with van der Waals surface area (Å²) >= 11 is 0. The van der Waals surface area contributed by atoms with Crippen LogP contribution in [-0.2, 0) is 4.57 Å². The van der Waals surface area contributed by atoms with Crippen molar-refractivity contribution in [3.05, 3.63) is 12.2 Å². The van der Waals surface area contributed by atoms with Gasteiger partial charge in [0.25, 0.3) is 0 Å². The molecule has 0 fully saturated rings. The molecule has 2 unspecified atom stereocenters. The van der Waals surface area contributed by atoms with Crippen LogP contribution in [0.3, 0.4) is 0 Å². The molecule has 1 radical (unpaired) electrons. The average Bonchev–Trinajstić information content (AvgIpc) is 2.07. The summed E-state index contributed by atoms with van der Waals surface area (Å²) in [4.78, 5) is 0. The fourth-order valence-electron chi connectivity index (χ4n) is 1.44. The Hall–Kier alpha value is -0.160. The maximum Gasteiger partial charge on any atom is 0.0753 e. The zero-order valence-electron chi connectivity index (χ0n) is 7.12. The Morgan fingerprint density at radius 2 is 2.36 bits per heavy atom. The van der Waals surface area contributed by atoms with Crippen LogP contribution >= 0.6 is 7.80 Å². The van der Waals surface area contributed by atoms with Crippen LogP contribution in [0, 0.1) is 0 Å². The molecule has 0 spiro atoms. The van der Waals surface area contributed by atoms with E-state index in [1.165, 1.54) is 0 Å². The molecule has 0 N–H and O–H groups in total. The quantitative estimate of drug-likeness (QED) is 0.470. The maximum absolute atomic E-state index is 11.5. The SMILES string of the molecule is CCC[P](=O)C1CC=CCC1. The van der Waals surface area contributed by atoms with Gasteiger partial charge in [0.15, 0.2) is 0 Å². The van der Waals surface area contributed by atoms with E-state index < -0.39 is 7.80 Å². The Balaban J connectivity index is 2.34. The Bertz CT molecular complexity index is 163. The van der Waals surface area contributed by atoms with Gasteiger partial charge in [-0.2, -0.15) is 0 Å². The highest BCUT2D eigenvalue weighted by Gasteiger charge is 2.16. The van der Waals surface area contributed by atoms with Crippen molar-refractivity contribution in [2.75, 3.05) is 6.16 Å². The molecule has 0 aliphatic heterocycles. The predicted molar refractivity (Wildman–Crippen MR) is 49.5 cm³/mol. The largest absolute Gasteiger partial charge is 0.287 e. The number of allylic oxidation sites excluding steroid dienone is 2. The van der Waals surface area contributed by atoms with Gasteiger partial charge in [-0.25, -0.2) is 0 Å². The lowest BCUT2D eigenvalue weighted by Gasteiger charge is -2.15. The zero-order valence-corrected chi connectivity index (χ0v) is 8.02. The summed E-state index contributed by atoms with van der Waals surface area (Å²) in [6.45, 7) is 2.10. The van der Waals surface area contributed by atoms with E-state index in [4.69, 9.17) is 0 Å². The average molecular weight is 171 g/mol. The van der Waals surface area contributed by atoms with Gasteiger partial charge in [0, 0.05) is 11.8 Å². The molecule has 0 saturated heterocycles. The molecule has 1 nitrogen and oxygen atoms in total. The van der Waals surface area contributed by atoms with Crippen molar-refractivity contribution in [3.63, 3.8) is 0 Å². The van der Waals surface area contributed by atoms with Crippen molar-refractivity contribution < 1.29 is 4.57 Å². The van der Waals surface area contributed by atoms with Crippen molar-refractivity contribution in [2.24, 2.45) is 0 Å². The van der Waals surface area contributed by atoms with Crippen LogP contribution in [-0.4, -0.2) is 11.8 Å². The fourth-order valence-corrected chi connectivity index (χ4v) is 3.04. The molecule has 0 bridgehead atoms. The predicted octanol–water partition coefficient (Wildman–Crippen LogP) is 3.33. The van der Waals surface area contributed by atoms with Gasteiger partial charge in [0.1, 0.15) is 0 Å². The summed E-state index contributed by atoms with van der Waals surface area (Å²) in [7, 11) is -0.900. The lowest BCUT2D eigenvalue weighted by Crippen LogP contribution is -2.05. The first kappa shape index (κ1) is 8.93. The molecular formula is C9H16OP. The molecule has 2 atom stereocenters. The second-order valence-electron chi connectivity index (χ2n) is 3.08. The monoisotopic (exact) mass is 171 g/mol. The Labute approximate surface area is 69.7 Å². The van der Waals surface area contributed by atoms with E-state index in [1.54, 1.807) is 0 Å². The van der Waals surface area contributed by atoms with E-state index in [0.29, 0.717) is 5.66 Å². The topological polar surface area (TPSA) is 17.1 Å². The first-order valence-corrected chi connectivity index (χ1v) is 5.94. The van der Waals surface area contributed by atoms with Crippen molar-refractivity contribution in [1.82, 2.24) is 0 Å². The normalized spacial score (nSPS) is 25.2. The van der Waals surface area contributed by atoms with Crippen LogP contribution in [0.1, 0.15) is 32.6 Å². The van der Waals surface area contributed by atoms with E-state index >= 15 is 0 Å². The molecule has 0 saturated carbocycles. The van der Waals surface area contributed by atoms with Gasteiger partial charge in [0.2, 0.25) is 0 Å². The summed E-state index contributed by atoms with van der Waals surface area (Å²) in [5, 5.41) is 0. The van der Waals surface area contributed by atoms with Crippen molar-refractivity contribution in [1.29, 1.82) is 0 Å². The molecule has 0 amide bonds. The minimum atomic E-state index is -0.900. The Kier molecular flexibility index (Phi) is 3.79. The third-order valence-electron chi connectivity index (χ3n) is 2.09. The van der Waals surface area contributed by atoms with Crippen LogP contribution in [0.25, 0.3) is 0 Å². The second-order valence-corrected chi connectivity index (χ2v) is 5.09. The van der Waals surface area contributed by atoms with Gasteiger partial charge < -0.3 is 0 Å². The molecule has 1 aliphatic carbocycles. The van der Waals surface area contributed by atoms with Crippen LogP contribution < -0.4 is 0 Å². The van der Waals surface area contributed by atoms with Crippen LogP contribution in [0.4, 0.5) is 0 Å². The third kappa shape index (κ3) is 2.75. The molecule has 11 heavy (non-hydrogen) atoms. The second kappa shape index (κ2) is 4.66. The van der Waals surface area contributed by atoms with E-state index in [0.717, 1.165) is 31.8 Å². The molecule has 63 valence electrons. The minimum absolute atomic E-state index is 0.495. The minimum Gasteiger partial charge on any atom is -0.287 e. The van der Waals surface area contributed by atoms with Crippen molar-refractivity contribution >= 4 is 7.80 Å². The van der Waals surface area contributed by atoms with Gasteiger partial charge >= 0.3 is 0 Å². The van der Waals surface area contributed by atoms with Crippen molar-refractivity contribution in [3.8, 4) is 0 Å². The van der Waals surface area contributed by atoms with Crippen molar-refractivity contribution in [2.45, 2.75) is 38.3 Å². The first-order valence-electron chi connectivity index (χ1n) is 4.43. The van der Waals surface area contributed by atoms with Gasteiger partial charge in [-0.1, -0.05) is 19.1 Å². The molecule has 2 heteroatoms. The van der Waals surface area contributed by atoms with E-state index in [-0.39, 0.29) is 0 Å². The number of hydrogen-bond donors (Lipinski definition) is 0. The lowest BCUT2D eigenvalue weighted by molar-refractivity contribution is 0.569. The van der Waals surface area contributed by atoms with Gasteiger partial charge in [0.05, 0.1) is 7.80 Å². The van der Waals surface area contributed by atoms with E-state index in [9.17, 15) is 4.57 Å². The summed E-state index contributed by atoms with van der Waals surface area (Å²) in [5.41, 5.74) is 0.495. The summed E-state index contributed by atoms with van der Waals surface area (Å²) in [5.74, 6) is 0. The highest BCUT2D eigenvalue weighted by atomic mass is 31.1. The third-order valence-corrected chi connectivity index (χ3v) is 4.26. The number of hydrogen-bond acceptors (Lipinski definition) is 1. The summed E-state index contributed by atoms with van der Waals surface area (Å²) < 4.78 is 11.5. The lowest BCUT2D eigenvalue weighted by atomic mass is 10.1. The highest BCUT2D eigenvalue weighted by Crippen LogP contribution is 2.36. The number of rotatable bonds is 3.